The highest BCUT2D eigenvalue weighted by molar-refractivity contribution is 9.10. The number of fused-ring (bicyclic) bond motifs is 30. The molecule has 8 heteroatoms. The number of hydrogen-bond acceptors (Lipinski definition) is 3. The summed E-state index contributed by atoms with van der Waals surface area (Å²) in [4.78, 5) is 4.96. The normalized spacial score (nSPS) is 13.6. The second kappa shape index (κ2) is 32.5. The summed E-state index contributed by atoms with van der Waals surface area (Å²) < 4.78 is 2.22. The van der Waals surface area contributed by atoms with Gasteiger partial charge in [0.05, 0.1) is 35.1 Å². The van der Waals surface area contributed by atoms with E-state index in [-0.39, 0.29) is 21.7 Å². The van der Waals surface area contributed by atoms with Gasteiger partial charge in [0.15, 0.2) is 0 Å². The van der Waals surface area contributed by atoms with E-state index in [4.69, 9.17) is 0 Å². The molecule has 0 aliphatic heterocycles. The minimum absolute atomic E-state index is 0.0403. The molecule has 0 unspecified atom stereocenters. The summed E-state index contributed by atoms with van der Waals surface area (Å²) in [6, 6.07) is 138. The van der Waals surface area contributed by atoms with E-state index in [0.29, 0.717) is 0 Å². The van der Waals surface area contributed by atoms with Crippen LogP contribution in [0.15, 0.2) is 373 Å². The molecule has 0 saturated heterocycles. The van der Waals surface area contributed by atoms with Gasteiger partial charge in [-0.15, -0.1) is 0 Å². The lowest BCUT2D eigenvalue weighted by Gasteiger charge is -2.33. The van der Waals surface area contributed by atoms with Crippen molar-refractivity contribution in [3.63, 3.8) is 0 Å². The molecule has 0 amide bonds. The van der Waals surface area contributed by atoms with Gasteiger partial charge >= 0.3 is 0 Å². The van der Waals surface area contributed by atoms with Gasteiger partial charge < -0.3 is 15.1 Å². The molecule has 18 aromatic rings. The molecule has 3 nitrogen and oxygen atoms in total. The SMILES string of the molecule is Brc1ccc2c(c1)C1(c3ccccc3-c3ccccc31)c1c-2c2ccccc2c2cc(Br)ccc12.CC(C)(C)c1ccc(N(c2ccc([Si](C)(C)C)cc2)c2ccc3c(c2)C2(c4ccccc4-c4ccccc42)c2c-3c3ccccc3c3cc(N(c4ccc(C(C)(C)C)cc4)c4ccc([Si](C)(C)C)cc4)ccc23)cc1.CC(C)(C)c1ccc(Nc2ccc([Si](C)(C)C)cc2)cc1. The van der Waals surface area contributed by atoms with Crippen LogP contribution in [0, 0.1) is 0 Å². The number of nitrogens with one attached hydrogen (secondary N) is 1. The minimum atomic E-state index is -1.54. The van der Waals surface area contributed by atoms with Crippen molar-refractivity contribution in [2.75, 3.05) is 15.1 Å². The molecule has 2 spiro atoms. The summed E-state index contributed by atoms with van der Waals surface area (Å²) in [6.07, 6.45) is 0. The molecule has 18 aromatic carbocycles. The van der Waals surface area contributed by atoms with Crippen LogP contribution < -0.4 is 30.7 Å². The highest BCUT2D eigenvalue weighted by Gasteiger charge is 2.55. The van der Waals surface area contributed by atoms with E-state index in [9.17, 15) is 0 Å². The molecule has 0 aromatic heterocycles. The van der Waals surface area contributed by atoms with Crippen molar-refractivity contribution in [1.82, 2.24) is 0 Å². The zero-order chi connectivity index (χ0) is 91.4. The van der Waals surface area contributed by atoms with Gasteiger partial charge in [-0.25, -0.2) is 0 Å². The third-order valence-electron chi connectivity index (χ3n) is 28.3. The number of benzene rings is 18. The zero-order valence-electron chi connectivity index (χ0n) is 78.8. The molecule has 0 saturated carbocycles. The van der Waals surface area contributed by atoms with Crippen molar-refractivity contribution in [1.29, 1.82) is 0 Å². The average Bonchev–Trinajstić information content (AvgIpc) is 1.50. The molecule has 131 heavy (non-hydrogen) atoms. The molecule has 22 rings (SSSR count). The van der Waals surface area contributed by atoms with Gasteiger partial charge in [0.2, 0.25) is 0 Å². The summed E-state index contributed by atoms with van der Waals surface area (Å²) >= 11 is 7.58. The average molecular weight is 1880 g/mol. The summed E-state index contributed by atoms with van der Waals surface area (Å²) in [6.45, 7) is 42.2. The molecule has 0 bridgehead atoms. The molecule has 4 aliphatic carbocycles. The van der Waals surface area contributed by atoms with Crippen molar-refractivity contribution >= 4 is 160 Å². The molecule has 0 fully saturated rings. The standard InChI is InChI=1S/C71H70N2Si2.C33H18Br2.C19H27NSi/c1-69(2,3)47-25-29-49(30-26-47)72(51-33-39-55(40-34-51)74(7,8)9)53-37-43-61-63(45-53)57-19-13-14-22-60(57)67-62-44-38-54(46-66(62)71(68(61)67)64-23-17-15-20-58(64)59-21-16-18-24-65(59)71)73(50-31-27-48(28-32-50)70(4,5)6)52-35-41-56(42-36-52)75(10,11)12;34-19-13-15-25-27(17-19)21-7-1-2-10-24(21)31-26-16-14-20(35)18-30(26)33(32(25)31)28-11-5-3-8-22(28)23-9-4-6-12-29(23)33;1-19(2,3)15-7-9-16(10-8-15)20-17-11-13-18(14-12-17)21(4,5)6/h13-46H,1-12H3;1-18H;7-14,20H,1-6H3. The fourth-order valence-corrected chi connectivity index (χ4v) is 25.8. The fourth-order valence-electron chi connectivity index (χ4n) is 21.5. The maximum atomic E-state index is 3.82. The highest BCUT2D eigenvalue weighted by atomic mass is 79.9. The third kappa shape index (κ3) is 14.9. The monoisotopic (exact) mass is 1880 g/mol. The van der Waals surface area contributed by atoms with E-state index in [0.717, 1.165) is 54.4 Å². The van der Waals surface area contributed by atoms with Crippen molar-refractivity contribution in [2.24, 2.45) is 0 Å². The predicted octanol–water partition coefficient (Wildman–Crippen LogP) is 34.1. The summed E-state index contributed by atoms with van der Waals surface area (Å²) in [5.74, 6) is 0. The molecular formula is C123H115Br2N3Si3. The third-order valence-corrected chi connectivity index (χ3v) is 35.4. The smallest absolute Gasteiger partial charge is 0.0775 e. The van der Waals surface area contributed by atoms with Gasteiger partial charge in [-0.2, -0.15) is 0 Å². The van der Waals surface area contributed by atoms with Crippen LogP contribution in [0.25, 0.3) is 87.6 Å². The zero-order valence-corrected chi connectivity index (χ0v) is 85.0. The summed E-state index contributed by atoms with van der Waals surface area (Å²) in [7, 11) is -4.28. The Morgan fingerprint density at radius 1 is 0.229 bits per heavy atom. The van der Waals surface area contributed by atoms with Crippen LogP contribution >= 0.6 is 31.9 Å². The largest absolute Gasteiger partial charge is 0.356 e. The van der Waals surface area contributed by atoms with Crippen LogP contribution in [0.1, 0.15) is 124 Å². The number of nitrogens with zero attached hydrogens (tertiary/aromatic N) is 2. The Morgan fingerprint density at radius 3 is 0.885 bits per heavy atom. The Labute approximate surface area is 795 Å². The van der Waals surface area contributed by atoms with E-state index < -0.39 is 29.6 Å². The van der Waals surface area contributed by atoms with Gasteiger partial charge in [-0.1, -0.05) is 411 Å². The van der Waals surface area contributed by atoms with Crippen molar-refractivity contribution in [3.05, 3.63) is 434 Å². The van der Waals surface area contributed by atoms with E-state index in [1.807, 2.05) is 0 Å². The second-order valence-electron chi connectivity index (χ2n) is 42.8. The number of anilines is 8. The van der Waals surface area contributed by atoms with Gasteiger partial charge in [-0.05, 0) is 286 Å². The lowest BCUT2D eigenvalue weighted by atomic mass is 9.69. The van der Waals surface area contributed by atoms with Gasteiger partial charge in [0.1, 0.15) is 0 Å². The quantitative estimate of drug-likeness (QED) is 0.103. The van der Waals surface area contributed by atoms with Crippen LogP contribution in [-0.4, -0.2) is 24.2 Å². The molecule has 0 radical (unpaired) electrons. The predicted molar refractivity (Wildman–Crippen MR) is 581 cm³/mol. The highest BCUT2D eigenvalue weighted by Crippen LogP contribution is 2.68. The van der Waals surface area contributed by atoms with E-state index >= 15 is 0 Å². The molecule has 4 aliphatic rings. The second-order valence-corrected chi connectivity index (χ2v) is 59.8. The van der Waals surface area contributed by atoms with E-state index in [1.165, 1.54) is 164 Å². The van der Waals surface area contributed by atoms with Crippen molar-refractivity contribution in [3.8, 4) is 44.5 Å². The van der Waals surface area contributed by atoms with Crippen molar-refractivity contribution < 1.29 is 0 Å². The van der Waals surface area contributed by atoms with E-state index in [1.54, 1.807) is 0 Å². The Hall–Kier alpha value is -12.0. The summed E-state index contributed by atoms with van der Waals surface area (Å²) in [5.41, 5.74) is 34.0. The number of halogens is 2. The topological polar surface area (TPSA) is 18.5 Å². The number of rotatable bonds is 11. The minimum Gasteiger partial charge on any atom is -0.356 e. The molecule has 0 heterocycles. The number of hydrogen-bond donors (Lipinski definition) is 1. The Kier molecular flexibility index (Phi) is 21.6. The van der Waals surface area contributed by atoms with E-state index in [2.05, 4.69) is 532 Å². The Balaban J connectivity index is 0.000000155. The van der Waals surface area contributed by atoms with Crippen LogP contribution in [0.3, 0.4) is 0 Å². The van der Waals surface area contributed by atoms with Crippen LogP contribution in [0.2, 0.25) is 58.9 Å². The first-order valence-electron chi connectivity index (χ1n) is 46.6. The van der Waals surface area contributed by atoms with Crippen LogP contribution in [-0.2, 0) is 27.1 Å². The van der Waals surface area contributed by atoms with Gasteiger partial charge in [-0.3, -0.25) is 0 Å². The summed E-state index contributed by atoms with van der Waals surface area (Å²) in [5, 5.41) is 18.2. The maximum Gasteiger partial charge on any atom is 0.0775 e. The van der Waals surface area contributed by atoms with Crippen LogP contribution in [0.4, 0.5) is 45.5 Å². The molecular weight excluding hydrogens is 1760 g/mol. The lowest BCUT2D eigenvalue weighted by Crippen LogP contribution is -2.37. The van der Waals surface area contributed by atoms with Gasteiger partial charge in [0, 0.05) is 54.4 Å². The molecule has 0 atom stereocenters. The molecule has 648 valence electrons. The first-order chi connectivity index (χ1) is 62.6. The first-order valence-corrected chi connectivity index (χ1v) is 58.7. The Morgan fingerprint density at radius 2 is 0.504 bits per heavy atom. The van der Waals surface area contributed by atoms with Crippen molar-refractivity contribution in [2.45, 2.75) is 148 Å². The molecule has 1 N–H and O–H groups in total. The van der Waals surface area contributed by atoms with Gasteiger partial charge in [0.25, 0.3) is 0 Å². The fraction of sp³-hybridized carbons (Fsp3) is 0.187. The maximum absolute atomic E-state index is 3.82. The Bertz CT molecular complexity index is 7280. The first kappa shape index (κ1) is 87.0. The van der Waals surface area contributed by atoms with Crippen LogP contribution in [0.5, 0.6) is 0 Å². The lowest BCUT2D eigenvalue weighted by molar-refractivity contribution is 0.590.